The summed E-state index contributed by atoms with van der Waals surface area (Å²) in [6, 6.07) is 6.97. The number of nitrogens with zero attached hydrogens (tertiary/aromatic N) is 3. The van der Waals surface area contributed by atoms with Gasteiger partial charge in [-0.05, 0) is 31.2 Å². The summed E-state index contributed by atoms with van der Waals surface area (Å²) in [5.41, 5.74) is 4.24. The fraction of sp³-hybridized carbons (Fsp3) is 0.133. The van der Waals surface area contributed by atoms with E-state index < -0.39 is 5.95 Å². The molecule has 0 unspecified atom stereocenters. The lowest BCUT2D eigenvalue weighted by Gasteiger charge is -2.10. The van der Waals surface area contributed by atoms with Crippen molar-refractivity contribution in [3.05, 3.63) is 48.8 Å². The predicted octanol–water partition coefficient (Wildman–Crippen LogP) is 3.26. The second kappa shape index (κ2) is 5.21. The highest BCUT2D eigenvalue weighted by Gasteiger charge is 2.09. The fourth-order valence-electron chi connectivity index (χ4n) is 2.14. The Hall–Kier alpha value is -2.56. The first-order valence-electron chi connectivity index (χ1n) is 6.38. The quantitative estimate of drug-likeness (QED) is 0.741. The summed E-state index contributed by atoms with van der Waals surface area (Å²) in [6.45, 7) is 2.84. The average molecular weight is 268 g/mol. The number of pyridine rings is 1. The van der Waals surface area contributed by atoms with Crippen LogP contribution in [0.3, 0.4) is 0 Å². The highest BCUT2D eigenvalue weighted by molar-refractivity contribution is 5.94. The fourth-order valence-corrected chi connectivity index (χ4v) is 2.14. The summed E-state index contributed by atoms with van der Waals surface area (Å²) in [4.78, 5) is 12.4. The van der Waals surface area contributed by atoms with E-state index in [4.69, 9.17) is 0 Å². The largest absolute Gasteiger partial charge is 0.385 e. The second-order valence-corrected chi connectivity index (χ2v) is 4.35. The van der Waals surface area contributed by atoms with Gasteiger partial charge < -0.3 is 5.32 Å². The molecule has 4 nitrogen and oxygen atoms in total. The monoisotopic (exact) mass is 268 g/mol. The highest BCUT2D eigenvalue weighted by atomic mass is 19.1. The molecule has 0 aliphatic carbocycles. The Labute approximate surface area is 115 Å². The van der Waals surface area contributed by atoms with Crippen LogP contribution < -0.4 is 5.32 Å². The molecule has 0 amide bonds. The van der Waals surface area contributed by atoms with E-state index in [2.05, 4.69) is 20.3 Å². The van der Waals surface area contributed by atoms with Gasteiger partial charge in [0, 0.05) is 41.9 Å². The van der Waals surface area contributed by atoms with Crippen molar-refractivity contribution in [1.82, 2.24) is 15.0 Å². The van der Waals surface area contributed by atoms with Crippen LogP contribution in [-0.4, -0.2) is 21.5 Å². The average Bonchev–Trinajstić information content (AvgIpc) is 2.48. The molecule has 3 aromatic rings. The lowest BCUT2D eigenvalue weighted by molar-refractivity contribution is 0.584. The van der Waals surface area contributed by atoms with Gasteiger partial charge in [0.25, 0.3) is 0 Å². The van der Waals surface area contributed by atoms with Crippen molar-refractivity contribution in [2.45, 2.75) is 6.92 Å². The summed E-state index contributed by atoms with van der Waals surface area (Å²) < 4.78 is 13.0. The Bertz CT molecular complexity index is 740. The number of benzene rings is 1. The molecule has 5 heteroatoms. The Kier molecular flexibility index (Phi) is 3.25. The molecule has 3 rings (SSSR count). The third kappa shape index (κ3) is 2.30. The summed E-state index contributed by atoms with van der Waals surface area (Å²) in [5, 5.41) is 3.26. The molecule has 0 aliphatic rings. The van der Waals surface area contributed by atoms with Crippen LogP contribution in [0, 0.1) is 5.95 Å². The third-order valence-electron chi connectivity index (χ3n) is 2.99. The number of hydrogen-bond acceptors (Lipinski definition) is 4. The first-order chi connectivity index (χ1) is 9.78. The first kappa shape index (κ1) is 12.5. The summed E-state index contributed by atoms with van der Waals surface area (Å²) >= 11 is 0. The minimum atomic E-state index is -0.494. The molecule has 0 radical (unpaired) electrons. The number of aromatic nitrogens is 3. The molecule has 2 heterocycles. The van der Waals surface area contributed by atoms with Crippen LogP contribution in [0.2, 0.25) is 0 Å². The van der Waals surface area contributed by atoms with E-state index in [1.807, 2.05) is 19.1 Å². The first-order valence-corrected chi connectivity index (χ1v) is 6.38. The summed E-state index contributed by atoms with van der Waals surface area (Å²) in [7, 11) is 0. The lowest BCUT2D eigenvalue weighted by Crippen LogP contribution is -1.98. The topological polar surface area (TPSA) is 50.7 Å². The molecule has 0 aliphatic heterocycles. The smallest absolute Gasteiger partial charge is 0.212 e. The predicted molar refractivity (Wildman–Crippen MR) is 76.9 cm³/mol. The van der Waals surface area contributed by atoms with Crippen molar-refractivity contribution < 1.29 is 4.39 Å². The van der Waals surface area contributed by atoms with Crippen molar-refractivity contribution in [1.29, 1.82) is 0 Å². The molecule has 100 valence electrons. The van der Waals surface area contributed by atoms with Gasteiger partial charge in [-0.2, -0.15) is 4.39 Å². The van der Waals surface area contributed by atoms with Gasteiger partial charge in [0.05, 0.1) is 11.0 Å². The molecule has 2 aromatic heterocycles. The van der Waals surface area contributed by atoms with E-state index in [-0.39, 0.29) is 0 Å². The lowest BCUT2D eigenvalue weighted by atomic mass is 10.0. The van der Waals surface area contributed by atoms with E-state index in [0.29, 0.717) is 0 Å². The molecule has 0 atom stereocenters. The Balaban J connectivity index is 2.23. The minimum Gasteiger partial charge on any atom is -0.385 e. The molecule has 0 spiro atoms. The van der Waals surface area contributed by atoms with Crippen LogP contribution in [0.4, 0.5) is 10.1 Å². The number of rotatable bonds is 3. The van der Waals surface area contributed by atoms with Crippen molar-refractivity contribution >= 4 is 16.7 Å². The molecule has 0 bridgehead atoms. The van der Waals surface area contributed by atoms with Gasteiger partial charge in [-0.25, -0.2) is 4.98 Å². The van der Waals surface area contributed by atoms with E-state index in [0.717, 1.165) is 34.4 Å². The van der Waals surface area contributed by atoms with Gasteiger partial charge in [0.2, 0.25) is 5.95 Å². The van der Waals surface area contributed by atoms with Crippen LogP contribution >= 0.6 is 0 Å². The van der Waals surface area contributed by atoms with Crippen molar-refractivity contribution in [3.8, 4) is 11.1 Å². The van der Waals surface area contributed by atoms with Gasteiger partial charge >= 0.3 is 0 Å². The SMILES string of the molecule is CCNc1cc(-c2ccc(F)nc2)c2nccnc2c1. The maximum Gasteiger partial charge on any atom is 0.212 e. The molecular weight excluding hydrogens is 255 g/mol. The number of anilines is 1. The van der Waals surface area contributed by atoms with Crippen molar-refractivity contribution in [3.63, 3.8) is 0 Å². The molecule has 0 fully saturated rings. The van der Waals surface area contributed by atoms with Gasteiger partial charge in [0.15, 0.2) is 0 Å². The zero-order valence-electron chi connectivity index (χ0n) is 11.0. The zero-order chi connectivity index (χ0) is 13.9. The number of nitrogens with one attached hydrogen (secondary N) is 1. The van der Waals surface area contributed by atoms with Crippen LogP contribution in [0.5, 0.6) is 0 Å². The van der Waals surface area contributed by atoms with Gasteiger partial charge in [0.1, 0.15) is 0 Å². The Morgan fingerprint density at radius 3 is 2.70 bits per heavy atom. The maximum atomic E-state index is 13.0. The van der Waals surface area contributed by atoms with Crippen LogP contribution in [0.1, 0.15) is 6.92 Å². The molecule has 20 heavy (non-hydrogen) atoms. The Morgan fingerprint density at radius 2 is 1.95 bits per heavy atom. The molecule has 0 saturated carbocycles. The zero-order valence-corrected chi connectivity index (χ0v) is 11.0. The standard InChI is InChI=1S/C15H13FN4/c1-2-17-11-7-12(10-3-4-14(16)20-9-10)15-13(8-11)18-5-6-19-15/h3-9,17H,2H2,1H3. The summed E-state index contributed by atoms with van der Waals surface area (Å²) in [6.07, 6.45) is 4.81. The van der Waals surface area contributed by atoms with Crippen LogP contribution in [0.25, 0.3) is 22.2 Å². The van der Waals surface area contributed by atoms with Crippen LogP contribution in [-0.2, 0) is 0 Å². The van der Waals surface area contributed by atoms with Gasteiger partial charge in [-0.15, -0.1) is 0 Å². The minimum absolute atomic E-state index is 0.494. The number of hydrogen-bond donors (Lipinski definition) is 1. The van der Waals surface area contributed by atoms with E-state index >= 15 is 0 Å². The second-order valence-electron chi connectivity index (χ2n) is 4.35. The molecule has 0 saturated heterocycles. The van der Waals surface area contributed by atoms with Crippen molar-refractivity contribution in [2.75, 3.05) is 11.9 Å². The molecular formula is C15H13FN4. The van der Waals surface area contributed by atoms with E-state index in [9.17, 15) is 4.39 Å². The maximum absolute atomic E-state index is 13.0. The van der Waals surface area contributed by atoms with Crippen molar-refractivity contribution in [2.24, 2.45) is 0 Å². The van der Waals surface area contributed by atoms with Gasteiger partial charge in [-0.1, -0.05) is 0 Å². The third-order valence-corrected chi connectivity index (χ3v) is 2.99. The molecule has 1 N–H and O–H groups in total. The highest BCUT2D eigenvalue weighted by Crippen LogP contribution is 2.29. The number of halogens is 1. The number of fused-ring (bicyclic) bond motifs is 1. The summed E-state index contributed by atoms with van der Waals surface area (Å²) in [5.74, 6) is -0.494. The van der Waals surface area contributed by atoms with Gasteiger partial charge in [-0.3, -0.25) is 9.97 Å². The molecule has 1 aromatic carbocycles. The normalized spacial score (nSPS) is 10.7. The van der Waals surface area contributed by atoms with E-state index in [1.165, 1.54) is 12.3 Å². The van der Waals surface area contributed by atoms with Crippen LogP contribution in [0.15, 0.2) is 42.9 Å². The van der Waals surface area contributed by atoms with E-state index in [1.54, 1.807) is 18.5 Å². The Morgan fingerprint density at radius 1 is 1.10 bits per heavy atom.